The summed E-state index contributed by atoms with van der Waals surface area (Å²) in [5, 5.41) is 1.66. The number of nitrogens with two attached hydrogens (primary N) is 1. The summed E-state index contributed by atoms with van der Waals surface area (Å²) in [4.78, 5) is 12.0. The highest BCUT2D eigenvalue weighted by atomic mass is 35.5. The molecular weight excluding hydrogens is 218 g/mol. The van der Waals surface area contributed by atoms with Crippen molar-refractivity contribution in [3.05, 3.63) is 0 Å². The number of nitrogens with one attached hydrogen (secondary N) is 1. The zero-order valence-corrected chi connectivity index (χ0v) is 9.52. The number of hydrogen-bond acceptors (Lipinski definition) is 4. The third kappa shape index (κ3) is 2.60. The Labute approximate surface area is 95.7 Å². The Morgan fingerprint density at radius 3 is 2.60 bits per heavy atom. The molecular formula is C9H18ClN3O2. The Bertz CT molecular complexity index is 225. The highest BCUT2D eigenvalue weighted by Crippen LogP contribution is 2.20. The van der Waals surface area contributed by atoms with Gasteiger partial charge in [0.15, 0.2) is 0 Å². The van der Waals surface area contributed by atoms with Crippen LogP contribution in [-0.4, -0.2) is 42.8 Å². The van der Waals surface area contributed by atoms with Gasteiger partial charge in [-0.2, -0.15) is 0 Å². The minimum atomic E-state index is -0.699. The lowest BCUT2D eigenvalue weighted by Gasteiger charge is -2.34. The summed E-state index contributed by atoms with van der Waals surface area (Å²) >= 11 is 0. The van der Waals surface area contributed by atoms with Crippen LogP contribution >= 0.6 is 12.4 Å². The molecule has 6 heteroatoms. The molecule has 2 saturated heterocycles. The molecule has 1 amide bonds. The van der Waals surface area contributed by atoms with E-state index in [4.69, 9.17) is 10.5 Å². The summed E-state index contributed by atoms with van der Waals surface area (Å²) in [6.07, 6.45) is 2.27. The molecule has 3 N–H and O–H groups in total. The summed E-state index contributed by atoms with van der Waals surface area (Å²) in [7, 11) is 0. The normalized spacial score (nSPS) is 24.7. The van der Waals surface area contributed by atoms with Crippen LogP contribution in [-0.2, 0) is 9.53 Å². The number of carbonyl (C=O) groups is 1. The zero-order chi connectivity index (χ0) is 10.0. The highest BCUT2D eigenvalue weighted by molar-refractivity contribution is 5.86. The molecule has 0 aliphatic carbocycles. The number of hydrazine groups is 1. The number of ether oxygens (including phenoxy) is 1. The van der Waals surface area contributed by atoms with Crippen LogP contribution in [0.5, 0.6) is 0 Å². The number of rotatable bonds is 1. The van der Waals surface area contributed by atoms with Crippen LogP contribution in [0.25, 0.3) is 0 Å². The molecule has 2 fully saturated rings. The van der Waals surface area contributed by atoms with Crippen LogP contribution in [0.4, 0.5) is 0 Å². The van der Waals surface area contributed by atoms with Crippen LogP contribution in [0, 0.1) is 0 Å². The van der Waals surface area contributed by atoms with E-state index in [1.807, 2.05) is 0 Å². The van der Waals surface area contributed by atoms with Crippen molar-refractivity contribution >= 4 is 18.3 Å². The molecule has 2 rings (SSSR count). The maximum atomic E-state index is 12.0. The molecule has 2 heterocycles. The number of carbonyl (C=O) groups excluding carboxylic acids is 1. The van der Waals surface area contributed by atoms with Gasteiger partial charge >= 0.3 is 0 Å². The first-order valence-corrected chi connectivity index (χ1v) is 5.14. The second-order valence-corrected chi connectivity index (χ2v) is 3.99. The van der Waals surface area contributed by atoms with Gasteiger partial charge in [0.05, 0.1) is 0 Å². The zero-order valence-electron chi connectivity index (χ0n) is 8.70. The molecule has 0 aromatic heterocycles. The molecule has 2 aliphatic heterocycles. The Morgan fingerprint density at radius 1 is 1.40 bits per heavy atom. The van der Waals surface area contributed by atoms with E-state index in [0.29, 0.717) is 26.1 Å². The molecule has 0 aromatic carbocycles. The fourth-order valence-electron chi connectivity index (χ4n) is 1.92. The Balaban J connectivity index is 0.00000112. The number of amides is 1. The molecule has 0 saturated carbocycles. The number of halogens is 1. The molecule has 0 aromatic rings. The fourth-order valence-corrected chi connectivity index (χ4v) is 1.92. The van der Waals surface area contributed by atoms with E-state index >= 15 is 0 Å². The van der Waals surface area contributed by atoms with Crippen molar-refractivity contribution in [3.8, 4) is 0 Å². The average Bonchev–Trinajstić information content (AvgIpc) is 2.70. The highest BCUT2D eigenvalue weighted by Gasteiger charge is 2.39. The molecule has 15 heavy (non-hydrogen) atoms. The predicted molar refractivity (Wildman–Crippen MR) is 58.6 cm³/mol. The molecule has 88 valence electrons. The Morgan fingerprint density at radius 2 is 2.07 bits per heavy atom. The standard InChI is InChI=1S/C9H17N3O2.ClH/c10-9(2-6-14-7-3-9)8(13)12-5-1-4-11-12;/h11H,1-7,10H2;1H. The van der Waals surface area contributed by atoms with E-state index in [9.17, 15) is 4.79 Å². The van der Waals surface area contributed by atoms with Crippen molar-refractivity contribution in [2.24, 2.45) is 5.73 Å². The molecule has 0 spiro atoms. The largest absolute Gasteiger partial charge is 0.381 e. The minimum absolute atomic E-state index is 0. The van der Waals surface area contributed by atoms with Crippen LogP contribution < -0.4 is 11.2 Å². The van der Waals surface area contributed by atoms with Crippen molar-refractivity contribution in [2.45, 2.75) is 24.8 Å². The maximum Gasteiger partial charge on any atom is 0.256 e. The van der Waals surface area contributed by atoms with Crippen LogP contribution in [0.2, 0.25) is 0 Å². The summed E-state index contributed by atoms with van der Waals surface area (Å²) in [6.45, 7) is 2.84. The summed E-state index contributed by atoms with van der Waals surface area (Å²) in [5.74, 6) is 0.0262. The molecule has 0 radical (unpaired) electrons. The predicted octanol–water partition coefficient (Wildman–Crippen LogP) is -0.347. The van der Waals surface area contributed by atoms with Gasteiger partial charge in [0, 0.05) is 26.3 Å². The lowest BCUT2D eigenvalue weighted by molar-refractivity contribution is -0.142. The SMILES string of the molecule is Cl.NC1(C(=O)N2CCCN2)CCOCC1. The Hall–Kier alpha value is -0.360. The van der Waals surface area contributed by atoms with Crippen molar-refractivity contribution < 1.29 is 9.53 Å². The van der Waals surface area contributed by atoms with E-state index in [-0.39, 0.29) is 18.3 Å². The topological polar surface area (TPSA) is 67.6 Å². The lowest BCUT2D eigenvalue weighted by Crippen LogP contribution is -2.59. The van der Waals surface area contributed by atoms with Gasteiger partial charge in [-0.25, -0.2) is 5.43 Å². The monoisotopic (exact) mass is 235 g/mol. The summed E-state index contributed by atoms with van der Waals surface area (Å²) in [6, 6.07) is 0. The average molecular weight is 236 g/mol. The third-order valence-electron chi connectivity index (χ3n) is 2.92. The van der Waals surface area contributed by atoms with Gasteiger partial charge in [-0.05, 0) is 19.3 Å². The molecule has 0 bridgehead atoms. The van der Waals surface area contributed by atoms with E-state index in [2.05, 4.69) is 5.43 Å². The smallest absolute Gasteiger partial charge is 0.256 e. The summed E-state index contributed by atoms with van der Waals surface area (Å²) < 4.78 is 5.21. The van der Waals surface area contributed by atoms with Gasteiger partial charge in [-0.3, -0.25) is 9.80 Å². The molecule has 0 atom stereocenters. The fraction of sp³-hybridized carbons (Fsp3) is 0.889. The van der Waals surface area contributed by atoms with E-state index in [1.54, 1.807) is 5.01 Å². The van der Waals surface area contributed by atoms with E-state index in [0.717, 1.165) is 19.5 Å². The van der Waals surface area contributed by atoms with Gasteiger partial charge in [0.1, 0.15) is 5.54 Å². The van der Waals surface area contributed by atoms with Crippen LogP contribution in [0.1, 0.15) is 19.3 Å². The minimum Gasteiger partial charge on any atom is -0.381 e. The lowest BCUT2D eigenvalue weighted by atomic mass is 9.90. The van der Waals surface area contributed by atoms with Gasteiger partial charge in [-0.15, -0.1) is 12.4 Å². The first kappa shape index (κ1) is 12.7. The second-order valence-electron chi connectivity index (χ2n) is 3.99. The quantitative estimate of drug-likeness (QED) is 0.652. The summed E-state index contributed by atoms with van der Waals surface area (Å²) in [5.41, 5.74) is 8.41. The first-order chi connectivity index (χ1) is 6.72. The molecule has 5 nitrogen and oxygen atoms in total. The van der Waals surface area contributed by atoms with Gasteiger partial charge < -0.3 is 10.5 Å². The van der Waals surface area contributed by atoms with E-state index in [1.165, 1.54) is 0 Å². The van der Waals surface area contributed by atoms with Crippen LogP contribution in [0.15, 0.2) is 0 Å². The van der Waals surface area contributed by atoms with Gasteiger partial charge in [0.25, 0.3) is 5.91 Å². The molecule has 2 aliphatic rings. The number of hydrogen-bond donors (Lipinski definition) is 2. The third-order valence-corrected chi connectivity index (χ3v) is 2.92. The maximum absolute atomic E-state index is 12.0. The van der Waals surface area contributed by atoms with Gasteiger partial charge in [-0.1, -0.05) is 0 Å². The van der Waals surface area contributed by atoms with Crippen molar-refractivity contribution in [1.29, 1.82) is 0 Å². The van der Waals surface area contributed by atoms with Gasteiger partial charge in [0.2, 0.25) is 0 Å². The van der Waals surface area contributed by atoms with Crippen LogP contribution in [0.3, 0.4) is 0 Å². The molecule has 0 unspecified atom stereocenters. The Kier molecular flexibility index (Phi) is 4.33. The van der Waals surface area contributed by atoms with E-state index < -0.39 is 5.54 Å². The second kappa shape index (κ2) is 5.12. The first-order valence-electron chi connectivity index (χ1n) is 5.14. The van der Waals surface area contributed by atoms with Crippen molar-refractivity contribution in [2.75, 3.05) is 26.3 Å². The number of nitrogens with zero attached hydrogens (tertiary/aromatic N) is 1. The van der Waals surface area contributed by atoms with Crippen molar-refractivity contribution in [1.82, 2.24) is 10.4 Å². The van der Waals surface area contributed by atoms with Crippen molar-refractivity contribution in [3.63, 3.8) is 0 Å².